The molecule has 0 saturated heterocycles. The van der Waals surface area contributed by atoms with Gasteiger partial charge in [0.25, 0.3) is 0 Å². The fourth-order valence-electron chi connectivity index (χ4n) is 2.64. The number of rotatable bonds is 5. The molecule has 26 heavy (non-hydrogen) atoms. The molecule has 0 spiro atoms. The zero-order valence-corrected chi connectivity index (χ0v) is 14.5. The Balaban J connectivity index is 1.54. The first kappa shape index (κ1) is 16.0. The largest absolute Gasteiger partial charge is 0.445 e. The lowest BCUT2D eigenvalue weighted by molar-refractivity contribution is 0.574. The molecular formula is C19H18N6O. The summed E-state index contributed by atoms with van der Waals surface area (Å²) in [7, 11) is 0. The number of aromatic nitrogens is 5. The van der Waals surface area contributed by atoms with Crippen molar-refractivity contribution < 1.29 is 4.42 Å². The van der Waals surface area contributed by atoms with Gasteiger partial charge in [0.1, 0.15) is 17.9 Å². The first-order chi connectivity index (χ1) is 12.7. The SMILES string of the molecule is Cc1[nH]nc(Nc2ccnc(Cc3cccc(-c4ncco4)c3)n2)c1C. The third-order valence-corrected chi connectivity index (χ3v) is 4.17. The standard InChI is InChI=1S/C19H18N6O/c1-12-13(2)24-25-18(12)23-16-6-7-20-17(22-16)11-14-4-3-5-15(10-14)19-21-8-9-26-19/h3-10H,11H2,1-2H3,(H2,20,22,23,24,25). The minimum absolute atomic E-state index is 0.604. The van der Waals surface area contributed by atoms with Crippen LogP contribution in [0, 0.1) is 13.8 Å². The summed E-state index contributed by atoms with van der Waals surface area (Å²) in [5.74, 6) is 2.82. The van der Waals surface area contributed by atoms with E-state index in [-0.39, 0.29) is 0 Å². The van der Waals surface area contributed by atoms with Gasteiger partial charge in [-0.1, -0.05) is 12.1 Å². The Hall–Kier alpha value is -3.48. The molecule has 1 aromatic carbocycles. The summed E-state index contributed by atoms with van der Waals surface area (Å²) in [5.41, 5.74) is 4.13. The average Bonchev–Trinajstić information content (AvgIpc) is 3.29. The van der Waals surface area contributed by atoms with Gasteiger partial charge in [-0.25, -0.2) is 15.0 Å². The van der Waals surface area contributed by atoms with Crippen molar-refractivity contribution in [3.8, 4) is 11.5 Å². The molecule has 4 aromatic rings. The highest BCUT2D eigenvalue weighted by atomic mass is 16.3. The van der Waals surface area contributed by atoms with Crippen LogP contribution in [-0.2, 0) is 6.42 Å². The van der Waals surface area contributed by atoms with Crippen molar-refractivity contribution in [1.29, 1.82) is 0 Å². The molecule has 0 aliphatic rings. The lowest BCUT2D eigenvalue weighted by atomic mass is 10.1. The number of aromatic amines is 1. The van der Waals surface area contributed by atoms with Gasteiger partial charge < -0.3 is 9.73 Å². The second-order valence-corrected chi connectivity index (χ2v) is 6.02. The fourth-order valence-corrected chi connectivity index (χ4v) is 2.64. The number of aryl methyl sites for hydroxylation is 1. The van der Waals surface area contributed by atoms with Crippen molar-refractivity contribution in [2.75, 3.05) is 5.32 Å². The lowest BCUT2D eigenvalue weighted by Gasteiger charge is -2.06. The van der Waals surface area contributed by atoms with Gasteiger partial charge in [0.2, 0.25) is 5.89 Å². The maximum absolute atomic E-state index is 5.36. The van der Waals surface area contributed by atoms with E-state index in [1.54, 1.807) is 18.7 Å². The summed E-state index contributed by atoms with van der Waals surface area (Å²) in [5, 5.41) is 10.4. The number of H-pyrrole nitrogens is 1. The molecule has 0 bridgehead atoms. The highest BCUT2D eigenvalue weighted by Crippen LogP contribution is 2.21. The van der Waals surface area contributed by atoms with E-state index in [2.05, 4.69) is 30.5 Å². The van der Waals surface area contributed by atoms with Gasteiger partial charge in [-0.15, -0.1) is 0 Å². The Morgan fingerprint density at radius 2 is 2.04 bits per heavy atom. The van der Waals surface area contributed by atoms with Crippen LogP contribution in [0.3, 0.4) is 0 Å². The molecule has 0 aliphatic carbocycles. The highest BCUT2D eigenvalue weighted by molar-refractivity contribution is 5.56. The van der Waals surface area contributed by atoms with Crippen molar-refractivity contribution in [3.63, 3.8) is 0 Å². The van der Waals surface area contributed by atoms with Crippen LogP contribution >= 0.6 is 0 Å². The molecule has 2 N–H and O–H groups in total. The number of nitrogens with zero attached hydrogens (tertiary/aromatic N) is 4. The Kier molecular flexibility index (Phi) is 4.18. The molecule has 130 valence electrons. The molecule has 0 radical (unpaired) electrons. The van der Waals surface area contributed by atoms with Crippen LogP contribution in [0.2, 0.25) is 0 Å². The van der Waals surface area contributed by atoms with E-state index >= 15 is 0 Å². The molecule has 7 nitrogen and oxygen atoms in total. The molecule has 4 rings (SSSR count). The fraction of sp³-hybridized carbons (Fsp3) is 0.158. The number of anilines is 2. The molecule has 3 heterocycles. The molecular weight excluding hydrogens is 328 g/mol. The van der Waals surface area contributed by atoms with Crippen LogP contribution < -0.4 is 5.32 Å². The molecule has 0 atom stereocenters. The molecule has 0 saturated carbocycles. The summed E-state index contributed by atoms with van der Waals surface area (Å²) in [6, 6.07) is 9.85. The summed E-state index contributed by atoms with van der Waals surface area (Å²) in [6.07, 6.45) is 5.57. The molecule has 0 fully saturated rings. The highest BCUT2D eigenvalue weighted by Gasteiger charge is 2.08. The van der Waals surface area contributed by atoms with Gasteiger partial charge in [-0.05, 0) is 37.6 Å². The number of nitrogens with one attached hydrogen (secondary N) is 2. The predicted octanol–water partition coefficient (Wildman–Crippen LogP) is 3.81. The van der Waals surface area contributed by atoms with Crippen LogP contribution in [0.5, 0.6) is 0 Å². The van der Waals surface area contributed by atoms with Crippen molar-refractivity contribution in [1.82, 2.24) is 25.1 Å². The first-order valence-electron chi connectivity index (χ1n) is 8.28. The number of hydrogen-bond acceptors (Lipinski definition) is 6. The van der Waals surface area contributed by atoms with E-state index in [4.69, 9.17) is 4.42 Å². The second kappa shape index (κ2) is 6.79. The van der Waals surface area contributed by atoms with Gasteiger partial charge >= 0.3 is 0 Å². The normalized spacial score (nSPS) is 10.8. The van der Waals surface area contributed by atoms with E-state index in [0.29, 0.717) is 18.1 Å². The quantitative estimate of drug-likeness (QED) is 0.571. The van der Waals surface area contributed by atoms with Gasteiger partial charge in [-0.2, -0.15) is 5.10 Å². The van der Waals surface area contributed by atoms with Crippen molar-refractivity contribution in [2.24, 2.45) is 0 Å². The van der Waals surface area contributed by atoms with Crippen LogP contribution in [0.25, 0.3) is 11.5 Å². The predicted molar refractivity (Wildman–Crippen MR) is 98.1 cm³/mol. The Labute approximate surface area is 150 Å². The number of oxazole rings is 1. The third kappa shape index (κ3) is 3.32. The monoisotopic (exact) mass is 346 g/mol. The average molecular weight is 346 g/mol. The zero-order valence-electron chi connectivity index (χ0n) is 14.5. The molecule has 7 heteroatoms. The minimum Gasteiger partial charge on any atom is -0.445 e. The third-order valence-electron chi connectivity index (χ3n) is 4.17. The summed E-state index contributed by atoms with van der Waals surface area (Å²) >= 11 is 0. The maximum atomic E-state index is 5.36. The van der Waals surface area contributed by atoms with Gasteiger partial charge in [-0.3, -0.25) is 5.10 Å². The Bertz CT molecular complexity index is 1020. The van der Waals surface area contributed by atoms with Crippen molar-refractivity contribution >= 4 is 11.6 Å². The van der Waals surface area contributed by atoms with Gasteiger partial charge in [0.05, 0.1) is 6.20 Å². The van der Waals surface area contributed by atoms with Crippen LogP contribution in [0.4, 0.5) is 11.6 Å². The van der Waals surface area contributed by atoms with Crippen LogP contribution in [0.15, 0.2) is 53.4 Å². The van der Waals surface area contributed by atoms with E-state index in [1.807, 2.05) is 44.2 Å². The molecule has 0 unspecified atom stereocenters. The minimum atomic E-state index is 0.604. The Morgan fingerprint density at radius 3 is 2.81 bits per heavy atom. The summed E-state index contributed by atoms with van der Waals surface area (Å²) in [6.45, 7) is 4.00. The molecule has 3 aromatic heterocycles. The molecule has 0 aliphatic heterocycles. The smallest absolute Gasteiger partial charge is 0.225 e. The number of hydrogen-bond donors (Lipinski definition) is 2. The zero-order chi connectivity index (χ0) is 17.9. The van der Waals surface area contributed by atoms with E-state index in [1.165, 1.54) is 0 Å². The number of benzene rings is 1. The van der Waals surface area contributed by atoms with Crippen molar-refractivity contribution in [3.05, 3.63) is 71.6 Å². The summed E-state index contributed by atoms with van der Waals surface area (Å²) < 4.78 is 5.36. The van der Waals surface area contributed by atoms with E-state index in [0.717, 1.165) is 34.0 Å². The van der Waals surface area contributed by atoms with E-state index < -0.39 is 0 Å². The maximum Gasteiger partial charge on any atom is 0.225 e. The topological polar surface area (TPSA) is 92.5 Å². The van der Waals surface area contributed by atoms with Crippen LogP contribution in [-0.4, -0.2) is 25.1 Å². The lowest BCUT2D eigenvalue weighted by Crippen LogP contribution is -2.01. The van der Waals surface area contributed by atoms with E-state index in [9.17, 15) is 0 Å². The first-order valence-corrected chi connectivity index (χ1v) is 8.28. The van der Waals surface area contributed by atoms with Crippen LogP contribution in [0.1, 0.15) is 22.6 Å². The Morgan fingerprint density at radius 1 is 1.12 bits per heavy atom. The van der Waals surface area contributed by atoms with Crippen molar-refractivity contribution in [2.45, 2.75) is 20.3 Å². The molecule has 0 amide bonds. The van der Waals surface area contributed by atoms with Gasteiger partial charge in [0.15, 0.2) is 5.82 Å². The van der Waals surface area contributed by atoms with Gasteiger partial charge in [0, 0.05) is 29.4 Å². The summed E-state index contributed by atoms with van der Waals surface area (Å²) in [4.78, 5) is 13.2. The second-order valence-electron chi connectivity index (χ2n) is 6.02.